The molecule has 1 amide bonds. The van der Waals surface area contributed by atoms with E-state index in [2.05, 4.69) is 5.32 Å². The summed E-state index contributed by atoms with van der Waals surface area (Å²) in [6, 6.07) is 9.26. The molecule has 0 spiro atoms. The highest BCUT2D eigenvalue weighted by Gasteiger charge is 2.27. The van der Waals surface area contributed by atoms with Crippen LogP contribution < -0.4 is 5.32 Å². The SMILES string of the molecule is CC(C)(C)c1cc(NC(=O)c2ccccc2[N+](=O)[O-])cc(C(C)(C)C)c1O. The predicted octanol–water partition coefficient (Wildman–Crippen LogP) is 5.15. The second kappa shape index (κ2) is 7.02. The van der Waals surface area contributed by atoms with Gasteiger partial charge in [-0.15, -0.1) is 0 Å². The Morgan fingerprint density at radius 3 is 1.93 bits per heavy atom. The minimum atomic E-state index is -0.576. The largest absolute Gasteiger partial charge is 0.507 e. The molecule has 2 aromatic carbocycles. The molecular weight excluding hydrogens is 344 g/mol. The Kier molecular flexibility index (Phi) is 5.31. The molecule has 144 valence electrons. The van der Waals surface area contributed by atoms with Crippen LogP contribution in [-0.2, 0) is 10.8 Å². The van der Waals surface area contributed by atoms with Crippen molar-refractivity contribution in [2.24, 2.45) is 0 Å². The molecule has 0 aliphatic rings. The summed E-state index contributed by atoms with van der Waals surface area (Å²) < 4.78 is 0. The van der Waals surface area contributed by atoms with Crippen LogP contribution in [0.25, 0.3) is 0 Å². The van der Waals surface area contributed by atoms with Gasteiger partial charge in [-0.25, -0.2) is 0 Å². The Bertz CT molecular complexity index is 855. The highest BCUT2D eigenvalue weighted by molar-refractivity contribution is 6.07. The zero-order valence-corrected chi connectivity index (χ0v) is 16.6. The predicted molar refractivity (Wildman–Crippen MR) is 107 cm³/mol. The molecule has 6 heteroatoms. The summed E-state index contributed by atoms with van der Waals surface area (Å²) in [6.07, 6.45) is 0. The van der Waals surface area contributed by atoms with Crippen molar-refractivity contribution in [3.05, 3.63) is 63.2 Å². The number of nitro groups is 1. The van der Waals surface area contributed by atoms with Crippen molar-refractivity contribution in [2.75, 3.05) is 5.32 Å². The maximum absolute atomic E-state index is 12.7. The molecule has 0 atom stereocenters. The van der Waals surface area contributed by atoms with Crippen molar-refractivity contribution in [3.8, 4) is 5.75 Å². The van der Waals surface area contributed by atoms with Gasteiger partial charge in [0.05, 0.1) is 4.92 Å². The van der Waals surface area contributed by atoms with Crippen molar-refractivity contribution in [1.29, 1.82) is 0 Å². The lowest BCUT2D eigenvalue weighted by Gasteiger charge is -2.28. The first-order chi connectivity index (χ1) is 12.3. The van der Waals surface area contributed by atoms with Crippen LogP contribution in [0.15, 0.2) is 36.4 Å². The highest BCUT2D eigenvalue weighted by atomic mass is 16.6. The van der Waals surface area contributed by atoms with Crippen LogP contribution in [0.4, 0.5) is 11.4 Å². The van der Waals surface area contributed by atoms with Gasteiger partial charge in [0.15, 0.2) is 0 Å². The number of carbonyl (C=O) groups is 1. The molecule has 0 saturated carbocycles. The van der Waals surface area contributed by atoms with Gasteiger partial charge < -0.3 is 10.4 Å². The number of phenols is 1. The van der Waals surface area contributed by atoms with E-state index in [1.54, 1.807) is 18.2 Å². The number of rotatable bonds is 3. The number of phenolic OH excluding ortho intramolecular Hbond substituents is 1. The molecular formula is C21H26N2O4. The number of nitrogens with one attached hydrogen (secondary N) is 1. The van der Waals surface area contributed by atoms with Gasteiger partial charge in [0.25, 0.3) is 11.6 Å². The summed E-state index contributed by atoms with van der Waals surface area (Å²) in [7, 11) is 0. The van der Waals surface area contributed by atoms with Gasteiger partial charge in [0.1, 0.15) is 11.3 Å². The summed E-state index contributed by atoms with van der Waals surface area (Å²) in [5.74, 6) is -0.355. The first kappa shape index (κ1) is 20.4. The molecule has 0 unspecified atom stereocenters. The smallest absolute Gasteiger partial charge is 0.282 e. The number of hydrogen-bond acceptors (Lipinski definition) is 4. The fourth-order valence-corrected chi connectivity index (χ4v) is 2.87. The van der Waals surface area contributed by atoms with Crippen LogP contribution in [0.3, 0.4) is 0 Å². The summed E-state index contributed by atoms with van der Waals surface area (Å²) in [4.78, 5) is 23.3. The lowest BCUT2D eigenvalue weighted by molar-refractivity contribution is -0.385. The lowest BCUT2D eigenvalue weighted by atomic mass is 9.79. The third-order valence-electron chi connectivity index (χ3n) is 4.33. The monoisotopic (exact) mass is 370 g/mol. The van der Waals surface area contributed by atoms with Crippen LogP contribution in [0, 0.1) is 10.1 Å². The molecule has 6 nitrogen and oxygen atoms in total. The summed E-state index contributed by atoms with van der Waals surface area (Å²) in [5.41, 5.74) is 0.949. The number of nitro benzene ring substituents is 1. The second-order valence-corrected chi connectivity index (χ2v) is 8.65. The fraction of sp³-hybridized carbons (Fsp3) is 0.381. The third kappa shape index (κ3) is 4.45. The van der Waals surface area contributed by atoms with Crippen LogP contribution in [0.1, 0.15) is 63.0 Å². The highest BCUT2D eigenvalue weighted by Crippen LogP contribution is 2.41. The van der Waals surface area contributed by atoms with E-state index in [9.17, 15) is 20.0 Å². The van der Waals surface area contributed by atoms with Crippen molar-refractivity contribution in [3.63, 3.8) is 0 Å². The van der Waals surface area contributed by atoms with Gasteiger partial charge in [0, 0.05) is 22.9 Å². The maximum Gasteiger partial charge on any atom is 0.282 e. The quantitative estimate of drug-likeness (QED) is 0.444. The first-order valence-corrected chi connectivity index (χ1v) is 8.75. The van der Waals surface area contributed by atoms with Gasteiger partial charge in [-0.1, -0.05) is 53.7 Å². The zero-order chi connectivity index (χ0) is 20.6. The lowest BCUT2D eigenvalue weighted by Crippen LogP contribution is -2.19. The van der Waals surface area contributed by atoms with Crippen molar-refractivity contribution in [1.82, 2.24) is 0 Å². The summed E-state index contributed by atoms with van der Waals surface area (Å²) >= 11 is 0. The second-order valence-electron chi connectivity index (χ2n) is 8.65. The van der Waals surface area contributed by atoms with Crippen LogP contribution in [0.2, 0.25) is 0 Å². The van der Waals surface area contributed by atoms with E-state index in [-0.39, 0.29) is 27.8 Å². The van der Waals surface area contributed by atoms with Gasteiger partial charge in [0.2, 0.25) is 0 Å². The zero-order valence-electron chi connectivity index (χ0n) is 16.6. The third-order valence-corrected chi connectivity index (χ3v) is 4.33. The molecule has 2 N–H and O–H groups in total. The fourth-order valence-electron chi connectivity index (χ4n) is 2.87. The molecule has 0 radical (unpaired) electrons. The maximum atomic E-state index is 12.7. The normalized spacial score (nSPS) is 11.9. The number of aromatic hydroxyl groups is 1. The summed E-state index contributed by atoms with van der Waals surface area (Å²) in [5, 5.41) is 24.7. The Labute approximate surface area is 159 Å². The molecule has 0 aliphatic heterocycles. The molecule has 2 rings (SSSR count). The number of nitrogens with zero attached hydrogens (tertiary/aromatic N) is 1. The van der Waals surface area contributed by atoms with E-state index in [0.717, 1.165) is 0 Å². The van der Waals surface area contributed by atoms with Gasteiger partial charge >= 0.3 is 0 Å². The molecule has 0 aromatic heterocycles. The Morgan fingerprint density at radius 2 is 1.48 bits per heavy atom. The standard InChI is InChI=1S/C21H26N2O4/c1-20(2,3)15-11-13(12-16(18(15)24)21(4,5)6)22-19(25)14-9-7-8-10-17(14)23(26)27/h7-12,24H,1-6H3,(H,22,25). The Hall–Kier alpha value is -2.89. The number of amides is 1. The minimum Gasteiger partial charge on any atom is -0.507 e. The first-order valence-electron chi connectivity index (χ1n) is 8.75. The van der Waals surface area contributed by atoms with Gasteiger partial charge in [-0.2, -0.15) is 0 Å². The van der Waals surface area contributed by atoms with E-state index in [1.807, 2.05) is 41.5 Å². The van der Waals surface area contributed by atoms with Gasteiger partial charge in [-0.3, -0.25) is 14.9 Å². The van der Waals surface area contributed by atoms with E-state index >= 15 is 0 Å². The number of anilines is 1. The number of para-hydroxylation sites is 1. The average molecular weight is 370 g/mol. The number of benzene rings is 2. The molecule has 27 heavy (non-hydrogen) atoms. The molecule has 0 heterocycles. The van der Waals surface area contributed by atoms with Crippen molar-refractivity contribution < 1.29 is 14.8 Å². The molecule has 2 aromatic rings. The molecule has 0 saturated heterocycles. The van der Waals surface area contributed by atoms with Crippen LogP contribution in [0.5, 0.6) is 5.75 Å². The number of carbonyl (C=O) groups excluding carboxylic acids is 1. The minimum absolute atomic E-state index is 0.00908. The van der Waals surface area contributed by atoms with E-state index in [0.29, 0.717) is 16.8 Å². The van der Waals surface area contributed by atoms with Crippen molar-refractivity contribution >= 4 is 17.3 Å². The van der Waals surface area contributed by atoms with Crippen LogP contribution >= 0.6 is 0 Å². The molecule has 0 fully saturated rings. The average Bonchev–Trinajstić information content (AvgIpc) is 2.54. The molecule has 0 aliphatic carbocycles. The van der Waals surface area contributed by atoms with Gasteiger partial charge in [-0.05, 0) is 29.0 Å². The van der Waals surface area contributed by atoms with E-state index in [4.69, 9.17) is 0 Å². The topological polar surface area (TPSA) is 92.5 Å². The van der Waals surface area contributed by atoms with Crippen molar-refractivity contribution in [2.45, 2.75) is 52.4 Å². The Morgan fingerprint density at radius 1 is 1.00 bits per heavy atom. The molecule has 0 bridgehead atoms. The van der Waals surface area contributed by atoms with Crippen LogP contribution in [-0.4, -0.2) is 15.9 Å². The van der Waals surface area contributed by atoms with E-state index in [1.165, 1.54) is 18.2 Å². The Balaban J connectivity index is 2.54. The van der Waals surface area contributed by atoms with E-state index < -0.39 is 10.8 Å². The number of hydrogen-bond donors (Lipinski definition) is 2. The summed E-state index contributed by atoms with van der Waals surface area (Å²) in [6.45, 7) is 11.8.